The quantitative estimate of drug-likeness (QED) is 0.690. The molecule has 1 aromatic carbocycles. The van der Waals surface area contributed by atoms with E-state index < -0.39 is 0 Å². The fraction of sp³-hybridized carbons (Fsp3) is 0.625. The maximum atomic E-state index is 5.52. The molecular formula is C16H27NO. The Hall–Kier alpha value is -1.02. The fourth-order valence-electron chi connectivity index (χ4n) is 2.05. The molecule has 0 aromatic heterocycles. The monoisotopic (exact) mass is 249 g/mol. The highest BCUT2D eigenvalue weighted by Gasteiger charge is 2.08. The summed E-state index contributed by atoms with van der Waals surface area (Å²) in [4.78, 5) is 0. The van der Waals surface area contributed by atoms with E-state index in [2.05, 4.69) is 43.4 Å². The van der Waals surface area contributed by atoms with E-state index in [-0.39, 0.29) is 0 Å². The zero-order chi connectivity index (χ0) is 13.2. The lowest BCUT2D eigenvalue weighted by Crippen LogP contribution is -2.19. The number of hydrogen-bond donors (Lipinski definition) is 1. The molecule has 0 saturated carbocycles. The minimum atomic E-state index is 0.577. The first-order valence-corrected chi connectivity index (χ1v) is 7.23. The summed E-state index contributed by atoms with van der Waals surface area (Å²) >= 11 is 0. The van der Waals surface area contributed by atoms with Crippen LogP contribution >= 0.6 is 0 Å². The van der Waals surface area contributed by atoms with Gasteiger partial charge in [-0.3, -0.25) is 0 Å². The first-order valence-electron chi connectivity index (χ1n) is 7.23. The Morgan fingerprint density at radius 2 is 1.94 bits per heavy atom. The maximum Gasteiger partial charge on any atom is 0.0736 e. The Kier molecular flexibility index (Phi) is 7.51. The highest BCUT2D eigenvalue weighted by Crippen LogP contribution is 2.19. The zero-order valence-corrected chi connectivity index (χ0v) is 12.0. The van der Waals surface area contributed by atoms with Crippen molar-refractivity contribution in [2.75, 3.05) is 11.9 Å². The van der Waals surface area contributed by atoms with Crippen molar-refractivity contribution < 1.29 is 4.74 Å². The third-order valence-electron chi connectivity index (χ3n) is 3.24. The van der Waals surface area contributed by atoms with Crippen molar-refractivity contribution in [3.63, 3.8) is 0 Å². The lowest BCUT2D eigenvalue weighted by Gasteiger charge is -2.20. The molecule has 0 saturated heterocycles. The molecule has 0 amide bonds. The molecule has 1 unspecified atom stereocenters. The summed E-state index contributed by atoms with van der Waals surface area (Å²) in [5, 5.41) is 3.66. The van der Waals surface area contributed by atoms with Crippen LogP contribution in [0.2, 0.25) is 0 Å². The molecule has 0 aliphatic heterocycles. The molecule has 1 N–H and O–H groups in total. The largest absolute Gasteiger partial charge is 0.382 e. The summed E-state index contributed by atoms with van der Waals surface area (Å²) < 4.78 is 5.52. The van der Waals surface area contributed by atoms with Crippen molar-refractivity contribution in [1.29, 1.82) is 0 Å². The van der Waals surface area contributed by atoms with E-state index in [1.165, 1.54) is 36.9 Å². The minimum Gasteiger partial charge on any atom is -0.382 e. The van der Waals surface area contributed by atoms with Crippen LogP contribution in [0.1, 0.15) is 52.0 Å². The molecule has 2 heteroatoms. The number of rotatable bonds is 9. The molecule has 18 heavy (non-hydrogen) atoms. The summed E-state index contributed by atoms with van der Waals surface area (Å²) in [6.45, 7) is 7.99. The minimum absolute atomic E-state index is 0.577. The van der Waals surface area contributed by atoms with Crippen LogP contribution in [0, 0.1) is 0 Å². The van der Waals surface area contributed by atoms with Gasteiger partial charge in [0.05, 0.1) is 6.61 Å². The van der Waals surface area contributed by atoms with E-state index in [4.69, 9.17) is 4.74 Å². The second-order valence-electron chi connectivity index (χ2n) is 4.69. The van der Waals surface area contributed by atoms with Crippen molar-refractivity contribution >= 4 is 5.69 Å². The maximum absolute atomic E-state index is 5.52. The Morgan fingerprint density at radius 3 is 2.61 bits per heavy atom. The molecule has 0 spiro atoms. The van der Waals surface area contributed by atoms with E-state index in [0.717, 1.165) is 6.61 Å². The topological polar surface area (TPSA) is 21.3 Å². The molecule has 2 nitrogen and oxygen atoms in total. The SMILES string of the molecule is CCCCC(CC)Nc1ccccc1COCC. The van der Waals surface area contributed by atoms with E-state index in [9.17, 15) is 0 Å². The van der Waals surface area contributed by atoms with Crippen LogP contribution in [-0.4, -0.2) is 12.6 Å². The molecule has 0 aliphatic rings. The first-order chi connectivity index (χ1) is 8.81. The fourth-order valence-corrected chi connectivity index (χ4v) is 2.05. The Morgan fingerprint density at radius 1 is 1.17 bits per heavy atom. The summed E-state index contributed by atoms with van der Waals surface area (Å²) in [6, 6.07) is 9.04. The third kappa shape index (κ3) is 5.09. The van der Waals surface area contributed by atoms with Crippen LogP contribution in [-0.2, 0) is 11.3 Å². The predicted molar refractivity (Wildman–Crippen MR) is 79.0 cm³/mol. The number of hydrogen-bond acceptors (Lipinski definition) is 2. The second-order valence-corrected chi connectivity index (χ2v) is 4.69. The molecular weight excluding hydrogens is 222 g/mol. The highest BCUT2D eigenvalue weighted by molar-refractivity contribution is 5.51. The van der Waals surface area contributed by atoms with Crippen LogP contribution in [0.3, 0.4) is 0 Å². The molecule has 0 bridgehead atoms. The predicted octanol–water partition coefficient (Wildman–Crippen LogP) is 4.60. The van der Waals surface area contributed by atoms with Gasteiger partial charge in [-0.05, 0) is 25.8 Å². The number of para-hydroxylation sites is 1. The Labute approximate surface area is 112 Å². The third-order valence-corrected chi connectivity index (χ3v) is 3.24. The van der Waals surface area contributed by atoms with Crippen LogP contribution in [0.15, 0.2) is 24.3 Å². The molecule has 0 heterocycles. The van der Waals surface area contributed by atoms with Gasteiger partial charge in [0.2, 0.25) is 0 Å². The Bertz CT molecular complexity index is 325. The van der Waals surface area contributed by atoms with E-state index in [0.29, 0.717) is 12.6 Å². The van der Waals surface area contributed by atoms with E-state index in [1.54, 1.807) is 0 Å². The lowest BCUT2D eigenvalue weighted by atomic mass is 10.1. The average molecular weight is 249 g/mol. The molecule has 0 aliphatic carbocycles. The standard InChI is InChI=1S/C16H27NO/c1-4-7-11-15(5-2)17-16-12-9-8-10-14(16)13-18-6-3/h8-10,12,15,17H,4-7,11,13H2,1-3H3. The van der Waals surface area contributed by atoms with Gasteiger partial charge in [-0.25, -0.2) is 0 Å². The van der Waals surface area contributed by atoms with Gasteiger partial charge >= 0.3 is 0 Å². The zero-order valence-electron chi connectivity index (χ0n) is 12.0. The molecule has 0 fully saturated rings. The first kappa shape index (κ1) is 15.0. The normalized spacial score (nSPS) is 12.4. The van der Waals surface area contributed by atoms with Gasteiger partial charge in [0.25, 0.3) is 0 Å². The van der Waals surface area contributed by atoms with E-state index in [1.807, 2.05) is 6.92 Å². The molecule has 0 radical (unpaired) electrons. The number of benzene rings is 1. The molecule has 102 valence electrons. The smallest absolute Gasteiger partial charge is 0.0736 e. The van der Waals surface area contributed by atoms with Gasteiger partial charge in [0, 0.05) is 23.9 Å². The number of unbranched alkanes of at least 4 members (excludes halogenated alkanes) is 1. The van der Waals surface area contributed by atoms with Gasteiger partial charge in [-0.15, -0.1) is 0 Å². The molecule has 1 atom stereocenters. The van der Waals surface area contributed by atoms with Crippen molar-refractivity contribution in [1.82, 2.24) is 0 Å². The highest BCUT2D eigenvalue weighted by atomic mass is 16.5. The van der Waals surface area contributed by atoms with Gasteiger partial charge in [-0.1, -0.05) is 44.9 Å². The van der Waals surface area contributed by atoms with Crippen molar-refractivity contribution in [2.45, 2.75) is 59.1 Å². The van der Waals surface area contributed by atoms with Gasteiger partial charge in [-0.2, -0.15) is 0 Å². The average Bonchev–Trinajstić information content (AvgIpc) is 2.42. The number of nitrogens with one attached hydrogen (secondary N) is 1. The number of anilines is 1. The second kappa shape index (κ2) is 8.98. The lowest BCUT2D eigenvalue weighted by molar-refractivity contribution is 0.134. The molecule has 1 rings (SSSR count). The number of ether oxygens (including phenoxy) is 1. The summed E-state index contributed by atoms with van der Waals surface area (Å²) in [7, 11) is 0. The summed E-state index contributed by atoms with van der Waals surface area (Å²) in [5.74, 6) is 0. The van der Waals surface area contributed by atoms with Crippen molar-refractivity contribution in [3.8, 4) is 0 Å². The van der Waals surface area contributed by atoms with Gasteiger partial charge < -0.3 is 10.1 Å². The van der Waals surface area contributed by atoms with Crippen LogP contribution < -0.4 is 5.32 Å². The van der Waals surface area contributed by atoms with Gasteiger partial charge in [0.1, 0.15) is 0 Å². The van der Waals surface area contributed by atoms with Crippen LogP contribution in [0.4, 0.5) is 5.69 Å². The van der Waals surface area contributed by atoms with Crippen molar-refractivity contribution in [3.05, 3.63) is 29.8 Å². The van der Waals surface area contributed by atoms with Crippen LogP contribution in [0.25, 0.3) is 0 Å². The van der Waals surface area contributed by atoms with Gasteiger partial charge in [0.15, 0.2) is 0 Å². The summed E-state index contributed by atoms with van der Waals surface area (Å²) in [6.07, 6.45) is 4.97. The van der Waals surface area contributed by atoms with Crippen molar-refractivity contribution in [2.24, 2.45) is 0 Å². The summed E-state index contributed by atoms with van der Waals surface area (Å²) in [5.41, 5.74) is 2.49. The molecule has 1 aromatic rings. The van der Waals surface area contributed by atoms with E-state index >= 15 is 0 Å². The Balaban J connectivity index is 2.63. The van der Waals surface area contributed by atoms with Crippen LogP contribution in [0.5, 0.6) is 0 Å².